The molecule has 0 amide bonds. The zero-order valence-electron chi connectivity index (χ0n) is 12.1. The monoisotopic (exact) mass is 267 g/mol. The van der Waals surface area contributed by atoms with Crippen LogP contribution in [0, 0.1) is 12.8 Å². The van der Waals surface area contributed by atoms with Crippen LogP contribution in [0.15, 0.2) is 22.6 Å². The van der Waals surface area contributed by atoms with Gasteiger partial charge in [0, 0.05) is 36.0 Å². The molecule has 4 aliphatic rings. The van der Waals surface area contributed by atoms with Crippen molar-refractivity contribution in [3.05, 3.63) is 35.1 Å². The van der Waals surface area contributed by atoms with Crippen molar-refractivity contribution in [3.8, 4) is 0 Å². The zero-order chi connectivity index (χ0) is 13.3. The second-order valence-corrected chi connectivity index (χ2v) is 7.04. The van der Waals surface area contributed by atoms with Crippen molar-refractivity contribution in [3.63, 3.8) is 0 Å². The summed E-state index contributed by atoms with van der Waals surface area (Å²) in [6.45, 7) is 4.75. The maximum Gasteiger partial charge on any atom is 0.134 e. The molecule has 4 unspecified atom stereocenters. The standard InChI is InChI=1S/C18H21NO/c1-11-2-5-17-14(8-11)13-6-7-19-10-12-3-4-16(19)15(9-12)18(13)20-17/h2,5,8,12,15-16H,3-4,6-7,9-10H2,1H3. The van der Waals surface area contributed by atoms with E-state index in [9.17, 15) is 0 Å². The predicted molar refractivity (Wildman–Crippen MR) is 80.1 cm³/mol. The lowest BCUT2D eigenvalue weighted by Gasteiger charge is -2.48. The van der Waals surface area contributed by atoms with Gasteiger partial charge in [0.2, 0.25) is 0 Å². The summed E-state index contributed by atoms with van der Waals surface area (Å²) in [6, 6.07) is 7.41. The summed E-state index contributed by atoms with van der Waals surface area (Å²) in [5, 5.41) is 1.38. The van der Waals surface area contributed by atoms with Gasteiger partial charge in [-0.05, 0) is 50.7 Å². The van der Waals surface area contributed by atoms with Crippen LogP contribution in [0.25, 0.3) is 11.0 Å². The minimum atomic E-state index is 0.660. The topological polar surface area (TPSA) is 16.4 Å². The zero-order valence-corrected chi connectivity index (χ0v) is 12.1. The first-order valence-corrected chi connectivity index (χ1v) is 8.05. The number of hydrogen-bond acceptors (Lipinski definition) is 2. The van der Waals surface area contributed by atoms with Gasteiger partial charge in [0.15, 0.2) is 0 Å². The van der Waals surface area contributed by atoms with Crippen LogP contribution in [0.1, 0.15) is 42.1 Å². The summed E-state index contributed by atoms with van der Waals surface area (Å²) in [7, 11) is 0. The Morgan fingerprint density at radius 1 is 1.25 bits per heavy atom. The van der Waals surface area contributed by atoms with E-state index in [0.717, 1.165) is 17.5 Å². The fraction of sp³-hybridized carbons (Fsp3) is 0.556. The maximum atomic E-state index is 6.34. The number of furan rings is 1. The molecule has 1 aromatic heterocycles. The van der Waals surface area contributed by atoms with Crippen molar-refractivity contribution in [1.29, 1.82) is 0 Å². The van der Waals surface area contributed by atoms with Gasteiger partial charge in [-0.2, -0.15) is 0 Å². The lowest BCUT2D eigenvalue weighted by Crippen LogP contribution is -2.51. The molecule has 2 nitrogen and oxygen atoms in total. The van der Waals surface area contributed by atoms with Gasteiger partial charge < -0.3 is 4.42 Å². The SMILES string of the molecule is Cc1ccc2oc3c(c2c1)CCN1CC2CCC1C3C2. The summed E-state index contributed by atoms with van der Waals surface area (Å²) < 4.78 is 6.34. The van der Waals surface area contributed by atoms with Crippen molar-refractivity contribution in [2.24, 2.45) is 5.92 Å². The van der Waals surface area contributed by atoms with E-state index in [2.05, 4.69) is 30.0 Å². The third-order valence-electron chi connectivity index (χ3n) is 5.85. The van der Waals surface area contributed by atoms with Gasteiger partial charge in [0.05, 0.1) is 0 Å². The Kier molecular flexibility index (Phi) is 2.21. The van der Waals surface area contributed by atoms with E-state index in [4.69, 9.17) is 4.42 Å². The molecule has 2 aromatic rings. The molecular formula is C18H21NO. The number of nitrogens with zero attached hydrogens (tertiary/aromatic N) is 1. The minimum Gasteiger partial charge on any atom is -0.460 e. The van der Waals surface area contributed by atoms with Gasteiger partial charge in [-0.25, -0.2) is 0 Å². The maximum absolute atomic E-state index is 6.34. The lowest BCUT2D eigenvalue weighted by molar-refractivity contribution is 0.0307. The first kappa shape index (κ1) is 11.4. The van der Waals surface area contributed by atoms with Crippen LogP contribution in [0.3, 0.4) is 0 Å². The first-order chi connectivity index (χ1) is 9.79. The second kappa shape index (κ2) is 3.88. The minimum absolute atomic E-state index is 0.660. The van der Waals surface area contributed by atoms with E-state index in [-0.39, 0.29) is 0 Å². The van der Waals surface area contributed by atoms with Crippen LogP contribution in [-0.2, 0) is 6.42 Å². The molecule has 3 fully saturated rings. The van der Waals surface area contributed by atoms with E-state index in [1.54, 1.807) is 0 Å². The Morgan fingerprint density at radius 3 is 3.10 bits per heavy atom. The molecule has 20 heavy (non-hydrogen) atoms. The number of piperidine rings is 2. The molecule has 6 rings (SSSR count). The van der Waals surface area contributed by atoms with Crippen LogP contribution in [0.5, 0.6) is 0 Å². The Hall–Kier alpha value is -1.28. The van der Waals surface area contributed by atoms with Crippen LogP contribution in [0.2, 0.25) is 0 Å². The quantitative estimate of drug-likeness (QED) is 0.720. The highest BCUT2D eigenvalue weighted by Crippen LogP contribution is 2.48. The van der Waals surface area contributed by atoms with Gasteiger partial charge in [0.1, 0.15) is 11.3 Å². The number of fused-ring (bicyclic) bond motifs is 4. The van der Waals surface area contributed by atoms with Gasteiger partial charge in [-0.15, -0.1) is 0 Å². The smallest absolute Gasteiger partial charge is 0.134 e. The third-order valence-corrected chi connectivity index (χ3v) is 5.85. The van der Waals surface area contributed by atoms with E-state index >= 15 is 0 Å². The Morgan fingerprint density at radius 2 is 2.20 bits per heavy atom. The van der Waals surface area contributed by atoms with E-state index in [1.807, 2.05) is 0 Å². The largest absolute Gasteiger partial charge is 0.460 e. The van der Waals surface area contributed by atoms with Gasteiger partial charge in [-0.1, -0.05) is 11.6 Å². The summed E-state index contributed by atoms with van der Waals surface area (Å²) in [5.74, 6) is 2.90. The van der Waals surface area contributed by atoms with Crippen LogP contribution in [-0.4, -0.2) is 24.0 Å². The highest BCUT2D eigenvalue weighted by molar-refractivity contribution is 5.83. The molecule has 0 spiro atoms. The van der Waals surface area contributed by atoms with E-state index in [1.165, 1.54) is 61.0 Å². The molecule has 4 heterocycles. The Bertz CT molecular complexity index is 686. The highest BCUT2D eigenvalue weighted by Gasteiger charge is 2.45. The molecule has 3 aliphatic heterocycles. The molecule has 0 radical (unpaired) electrons. The molecule has 1 aliphatic carbocycles. The summed E-state index contributed by atoms with van der Waals surface area (Å²) in [6.07, 6.45) is 5.34. The molecule has 0 N–H and O–H groups in total. The van der Waals surface area contributed by atoms with Crippen LogP contribution in [0.4, 0.5) is 0 Å². The van der Waals surface area contributed by atoms with Crippen molar-refractivity contribution >= 4 is 11.0 Å². The lowest BCUT2D eigenvalue weighted by atomic mass is 9.72. The summed E-state index contributed by atoms with van der Waals surface area (Å²) in [5.41, 5.74) is 3.97. The normalized spacial score (nSPS) is 35.0. The number of rotatable bonds is 0. The number of benzene rings is 1. The van der Waals surface area contributed by atoms with Crippen molar-refractivity contribution in [2.45, 2.75) is 44.6 Å². The average Bonchev–Trinajstić information content (AvgIpc) is 2.78. The van der Waals surface area contributed by atoms with Gasteiger partial charge in [-0.3, -0.25) is 4.90 Å². The molecule has 2 saturated heterocycles. The molecule has 1 aromatic carbocycles. The molecule has 104 valence electrons. The van der Waals surface area contributed by atoms with E-state index < -0.39 is 0 Å². The summed E-state index contributed by atoms with van der Waals surface area (Å²) >= 11 is 0. The van der Waals surface area contributed by atoms with Crippen LogP contribution >= 0.6 is 0 Å². The predicted octanol–water partition coefficient (Wildman–Crippen LogP) is 3.87. The van der Waals surface area contributed by atoms with Gasteiger partial charge >= 0.3 is 0 Å². The third kappa shape index (κ3) is 1.43. The highest BCUT2D eigenvalue weighted by atomic mass is 16.3. The Balaban J connectivity index is 1.72. The average molecular weight is 267 g/mol. The fourth-order valence-corrected chi connectivity index (χ4v) is 4.94. The first-order valence-electron chi connectivity index (χ1n) is 8.05. The van der Waals surface area contributed by atoms with Crippen LogP contribution < -0.4 is 0 Å². The van der Waals surface area contributed by atoms with E-state index in [0.29, 0.717) is 5.92 Å². The molecular weight excluding hydrogens is 246 g/mol. The van der Waals surface area contributed by atoms with Gasteiger partial charge in [0.25, 0.3) is 0 Å². The Labute approximate surface area is 119 Å². The second-order valence-electron chi connectivity index (χ2n) is 7.04. The molecule has 2 heteroatoms. The molecule has 1 saturated carbocycles. The molecule has 4 bridgehead atoms. The fourth-order valence-electron chi connectivity index (χ4n) is 4.94. The number of hydrogen-bond donors (Lipinski definition) is 0. The van der Waals surface area contributed by atoms with Crippen molar-refractivity contribution in [2.75, 3.05) is 13.1 Å². The molecule has 4 atom stereocenters. The van der Waals surface area contributed by atoms with Crippen molar-refractivity contribution in [1.82, 2.24) is 4.90 Å². The summed E-state index contributed by atoms with van der Waals surface area (Å²) in [4.78, 5) is 2.75. The van der Waals surface area contributed by atoms with Crippen molar-refractivity contribution < 1.29 is 4.42 Å². The number of aryl methyl sites for hydroxylation is 1.